The van der Waals surface area contributed by atoms with Gasteiger partial charge in [0.05, 0.1) is 5.56 Å². The summed E-state index contributed by atoms with van der Waals surface area (Å²) in [6.07, 6.45) is 0. The Hall–Kier alpha value is -2.55. The summed E-state index contributed by atoms with van der Waals surface area (Å²) >= 11 is 0. The summed E-state index contributed by atoms with van der Waals surface area (Å²) in [6.45, 7) is 7.68. The number of hydrogen-bond acceptors (Lipinski definition) is 1. The van der Waals surface area contributed by atoms with Crippen LogP contribution < -0.4 is 0 Å². The van der Waals surface area contributed by atoms with E-state index in [1.165, 1.54) is 10.8 Å². The van der Waals surface area contributed by atoms with E-state index in [0.29, 0.717) is 6.54 Å². The number of rotatable bonds is 4. The SMILES string of the molecule is CCn1c(C)cc(C(=O)N(C)Cc2ccc3ccccc3c2)c1C. The van der Waals surface area contributed by atoms with Gasteiger partial charge < -0.3 is 9.47 Å². The van der Waals surface area contributed by atoms with Crippen molar-refractivity contribution in [1.82, 2.24) is 9.47 Å². The molecule has 1 amide bonds. The monoisotopic (exact) mass is 320 g/mol. The van der Waals surface area contributed by atoms with E-state index in [0.717, 1.165) is 29.1 Å². The van der Waals surface area contributed by atoms with E-state index >= 15 is 0 Å². The molecule has 0 aliphatic carbocycles. The van der Waals surface area contributed by atoms with Crippen LogP contribution in [0.1, 0.15) is 34.2 Å². The van der Waals surface area contributed by atoms with E-state index in [4.69, 9.17) is 0 Å². The summed E-state index contributed by atoms with van der Waals surface area (Å²) in [5.41, 5.74) is 4.13. The zero-order valence-corrected chi connectivity index (χ0v) is 14.8. The van der Waals surface area contributed by atoms with Crippen LogP contribution in [-0.4, -0.2) is 22.4 Å². The molecule has 0 unspecified atom stereocenters. The fourth-order valence-corrected chi connectivity index (χ4v) is 3.39. The van der Waals surface area contributed by atoms with Gasteiger partial charge >= 0.3 is 0 Å². The lowest BCUT2D eigenvalue weighted by Crippen LogP contribution is -2.26. The lowest BCUT2D eigenvalue weighted by molar-refractivity contribution is 0.0784. The molecule has 0 spiro atoms. The molecule has 3 nitrogen and oxygen atoms in total. The van der Waals surface area contributed by atoms with Crippen molar-refractivity contribution >= 4 is 16.7 Å². The summed E-state index contributed by atoms with van der Waals surface area (Å²) in [7, 11) is 1.87. The van der Waals surface area contributed by atoms with Gasteiger partial charge in [0, 0.05) is 31.5 Å². The lowest BCUT2D eigenvalue weighted by Gasteiger charge is -2.18. The van der Waals surface area contributed by atoms with E-state index in [9.17, 15) is 4.79 Å². The quantitative estimate of drug-likeness (QED) is 0.692. The molecule has 0 N–H and O–H groups in total. The molecule has 0 aliphatic rings. The van der Waals surface area contributed by atoms with Crippen LogP contribution in [0.15, 0.2) is 48.5 Å². The smallest absolute Gasteiger partial charge is 0.255 e. The van der Waals surface area contributed by atoms with Crippen molar-refractivity contribution in [2.75, 3.05) is 7.05 Å². The Bertz CT molecular complexity index is 892. The van der Waals surface area contributed by atoms with Gasteiger partial charge in [0.15, 0.2) is 0 Å². The molecule has 0 aliphatic heterocycles. The topological polar surface area (TPSA) is 25.2 Å². The summed E-state index contributed by atoms with van der Waals surface area (Å²) in [4.78, 5) is 14.6. The average Bonchev–Trinajstić information content (AvgIpc) is 2.87. The molecule has 2 aromatic carbocycles. The van der Waals surface area contributed by atoms with Crippen molar-refractivity contribution < 1.29 is 4.79 Å². The van der Waals surface area contributed by atoms with E-state index in [1.807, 2.05) is 32.2 Å². The van der Waals surface area contributed by atoms with Crippen LogP contribution in [0.4, 0.5) is 0 Å². The molecule has 3 heteroatoms. The second kappa shape index (κ2) is 6.52. The van der Waals surface area contributed by atoms with Crippen LogP contribution in [0, 0.1) is 13.8 Å². The maximum absolute atomic E-state index is 12.8. The first kappa shape index (κ1) is 16.3. The molecule has 0 saturated heterocycles. The molecule has 1 aromatic heterocycles. The lowest BCUT2D eigenvalue weighted by atomic mass is 10.1. The first-order chi connectivity index (χ1) is 11.5. The predicted octanol–water partition coefficient (Wildman–Crippen LogP) is 4.55. The van der Waals surface area contributed by atoms with Crippen LogP contribution in [-0.2, 0) is 13.1 Å². The van der Waals surface area contributed by atoms with E-state index in [-0.39, 0.29) is 5.91 Å². The minimum atomic E-state index is 0.0796. The standard InChI is InChI=1S/C21H24N2O/c1-5-23-15(2)12-20(16(23)3)21(24)22(4)14-17-10-11-18-8-6-7-9-19(18)13-17/h6-13H,5,14H2,1-4H3. The Morgan fingerprint density at radius 1 is 1.04 bits per heavy atom. The normalized spacial score (nSPS) is 11.0. The number of amides is 1. The number of nitrogens with zero attached hydrogens (tertiary/aromatic N) is 2. The maximum atomic E-state index is 12.8. The van der Waals surface area contributed by atoms with Gasteiger partial charge in [-0.25, -0.2) is 0 Å². The first-order valence-electron chi connectivity index (χ1n) is 8.41. The van der Waals surface area contributed by atoms with Crippen molar-refractivity contribution in [3.63, 3.8) is 0 Å². The van der Waals surface area contributed by atoms with Crippen molar-refractivity contribution in [3.05, 3.63) is 71.0 Å². The third kappa shape index (κ3) is 2.94. The first-order valence-corrected chi connectivity index (χ1v) is 8.41. The van der Waals surface area contributed by atoms with Crippen molar-refractivity contribution in [3.8, 4) is 0 Å². The van der Waals surface area contributed by atoms with Crippen LogP contribution in [0.5, 0.6) is 0 Å². The van der Waals surface area contributed by atoms with Gasteiger partial charge in [0.2, 0.25) is 0 Å². The Morgan fingerprint density at radius 2 is 1.75 bits per heavy atom. The van der Waals surface area contributed by atoms with Gasteiger partial charge in [0.25, 0.3) is 5.91 Å². The van der Waals surface area contributed by atoms with Gasteiger partial charge in [-0.3, -0.25) is 4.79 Å². The minimum Gasteiger partial charge on any atom is -0.349 e. The van der Waals surface area contributed by atoms with Gasteiger partial charge in [0.1, 0.15) is 0 Å². The zero-order chi connectivity index (χ0) is 17.3. The third-order valence-electron chi connectivity index (χ3n) is 4.70. The van der Waals surface area contributed by atoms with E-state index < -0.39 is 0 Å². The highest BCUT2D eigenvalue weighted by atomic mass is 16.2. The summed E-state index contributed by atoms with van der Waals surface area (Å²) in [5.74, 6) is 0.0796. The molecule has 0 saturated carbocycles. The predicted molar refractivity (Wildman–Crippen MR) is 99.3 cm³/mol. The number of aromatic nitrogens is 1. The Morgan fingerprint density at radius 3 is 2.42 bits per heavy atom. The number of benzene rings is 2. The second-order valence-corrected chi connectivity index (χ2v) is 6.37. The average molecular weight is 320 g/mol. The van der Waals surface area contributed by atoms with Crippen molar-refractivity contribution in [2.24, 2.45) is 0 Å². The number of aryl methyl sites for hydroxylation is 1. The highest BCUT2D eigenvalue weighted by Gasteiger charge is 2.18. The molecule has 3 aromatic rings. The van der Waals surface area contributed by atoms with Gasteiger partial charge in [-0.15, -0.1) is 0 Å². The van der Waals surface area contributed by atoms with Crippen molar-refractivity contribution in [1.29, 1.82) is 0 Å². The summed E-state index contributed by atoms with van der Waals surface area (Å²) in [5, 5.41) is 2.43. The van der Waals surface area contributed by atoms with Gasteiger partial charge in [-0.1, -0.05) is 36.4 Å². The Labute approximate surface area is 143 Å². The van der Waals surface area contributed by atoms with Crippen LogP contribution >= 0.6 is 0 Å². The number of hydrogen-bond donors (Lipinski definition) is 0. The fraction of sp³-hybridized carbons (Fsp3) is 0.286. The number of fused-ring (bicyclic) bond motifs is 1. The molecule has 1 heterocycles. The fourth-order valence-electron chi connectivity index (χ4n) is 3.39. The van der Waals surface area contributed by atoms with Crippen LogP contribution in [0.25, 0.3) is 10.8 Å². The Kier molecular flexibility index (Phi) is 4.43. The third-order valence-corrected chi connectivity index (χ3v) is 4.70. The van der Waals surface area contributed by atoms with Gasteiger partial charge in [-0.2, -0.15) is 0 Å². The second-order valence-electron chi connectivity index (χ2n) is 6.37. The van der Waals surface area contributed by atoms with Crippen LogP contribution in [0.3, 0.4) is 0 Å². The molecule has 24 heavy (non-hydrogen) atoms. The van der Waals surface area contributed by atoms with E-state index in [2.05, 4.69) is 48.7 Å². The molecule has 124 valence electrons. The Balaban J connectivity index is 1.83. The van der Waals surface area contributed by atoms with E-state index in [1.54, 1.807) is 4.90 Å². The van der Waals surface area contributed by atoms with Gasteiger partial charge in [-0.05, 0) is 49.2 Å². The molecule has 0 atom stereocenters. The van der Waals surface area contributed by atoms with Crippen LogP contribution in [0.2, 0.25) is 0 Å². The zero-order valence-electron chi connectivity index (χ0n) is 14.8. The minimum absolute atomic E-state index is 0.0796. The summed E-state index contributed by atoms with van der Waals surface area (Å²) in [6, 6.07) is 16.7. The number of carbonyl (C=O) groups excluding carboxylic acids is 1. The largest absolute Gasteiger partial charge is 0.349 e. The summed E-state index contributed by atoms with van der Waals surface area (Å²) < 4.78 is 2.18. The molecule has 3 rings (SSSR count). The maximum Gasteiger partial charge on any atom is 0.255 e. The molecule has 0 bridgehead atoms. The molecule has 0 radical (unpaired) electrons. The molecular formula is C21H24N2O. The molecule has 0 fully saturated rings. The number of carbonyl (C=O) groups is 1. The molecular weight excluding hydrogens is 296 g/mol. The van der Waals surface area contributed by atoms with Crippen molar-refractivity contribution in [2.45, 2.75) is 33.9 Å². The highest BCUT2D eigenvalue weighted by Crippen LogP contribution is 2.20. The highest BCUT2D eigenvalue weighted by molar-refractivity contribution is 5.95.